The molecule has 0 saturated heterocycles. The largest absolute Gasteiger partial charge is 0.416 e. The van der Waals surface area contributed by atoms with E-state index in [0.717, 1.165) is 0 Å². The lowest BCUT2D eigenvalue weighted by Crippen LogP contribution is -2.21. The summed E-state index contributed by atoms with van der Waals surface area (Å²) in [5.74, 6) is 0. The summed E-state index contributed by atoms with van der Waals surface area (Å²) in [7, 11) is 0. The van der Waals surface area contributed by atoms with Gasteiger partial charge in [0.1, 0.15) is 0 Å². The molecule has 0 saturated carbocycles. The molecule has 0 aliphatic rings. The van der Waals surface area contributed by atoms with E-state index in [1.54, 1.807) is 32.9 Å². The summed E-state index contributed by atoms with van der Waals surface area (Å²) >= 11 is 0. The van der Waals surface area contributed by atoms with Crippen LogP contribution in [0, 0.1) is 0 Å². The molecule has 0 amide bonds. The third-order valence-electron chi connectivity index (χ3n) is 3.00. The molecule has 0 heterocycles. The molecular weight excluding hydrogens is 237 g/mol. The van der Waals surface area contributed by atoms with Crippen LogP contribution in [0.25, 0.3) is 0 Å². The predicted molar refractivity (Wildman–Crippen MR) is 68.8 cm³/mol. The topological polar surface area (TPSA) is 0 Å². The van der Waals surface area contributed by atoms with Crippen molar-refractivity contribution in [3.63, 3.8) is 0 Å². The van der Waals surface area contributed by atoms with Crippen LogP contribution in [0.3, 0.4) is 0 Å². The van der Waals surface area contributed by atoms with E-state index in [1.165, 1.54) is 6.07 Å². The van der Waals surface area contributed by atoms with Gasteiger partial charge in [-0.1, -0.05) is 53.7 Å². The maximum atomic E-state index is 13.1. The molecule has 0 aliphatic heterocycles. The molecule has 18 heavy (non-hydrogen) atoms. The highest BCUT2D eigenvalue weighted by molar-refractivity contribution is 5.40. The minimum absolute atomic E-state index is 0.281. The van der Waals surface area contributed by atoms with Crippen molar-refractivity contribution in [2.24, 2.45) is 0 Å². The van der Waals surface area contributed by atoms with Crippen molar-refractivity contribution < 1.29 is 13.2 Å². The number of halogens is 3. The normalized spacial score (nSPS) is 13.8. The van der Waals surface area contributed by atoms with Crippen LogP contribution in [-0.2, 0) is 17.0 Å². The Kier molecular flexibility index (Phi) is 3.59. The number of benzene rings is 1. The van der Waals surface area contributed by atoms with Crippen LogP contribution in [-0.4, -0.2) is 0 Å². The maximum absolute atomic E-state index is 13.1. The molecule has 102 valence electrons. The summed E-state index contributed by atoms with van der Waals surface area (Å²) in [4.78, 5) is 0. The van der Waals surface area contributed by atoms with Crippen molar-refractivity contribution >= 4 is 0 Å². The minimum Gasteiger partial charge on any atom is -0.166 e. The third-order valence-corrected chi connectivity index (χ3v) is 3.00. The van der Waals surface area contributed by atoms with E-state index >= 15 is 0 Å². The number of hydrogen-bond donors (Lipinski definition) is 0. The first-order valence-corrected chi connectivity index (χ1v) is 6.05. The molecule has 3 heteroatoms. The van der Waals surface area contributed by atoms with Gasteiger partial charge in [0.25, 0.3) is 0 Å². The van der Waals surface area contributed by atoms with Gasteiger partial charge in [-0.3, -0.25) is 0 Å². The SMILES string of the molecule is CC(C)(C)c1ccc(C(C)(C)C)c(C(F)(F)F)c1. The van der Waals surface area contributed by atoms with Crippen LogP contribution < -0.4 is 0 Å². The van der Waals surface area contributed by atoms with Crippen LogP contribution in [0.5, 0.6) is 0 Å². The number of hydrogen-bond acceptors (Lipinski definition) is 0. The molecule has 0 N–H and O–H groups in total. The molecule has 0 spiro atoms. The van der Waals surface area contributed by atoms with E-state index in [-0.39, 0.29) is 5.41 Å². The summed E-state index contributed by atoms with van der Waals surface area (Å²) in [6, 6.07) is 4.71. The van der Waals surface area contributed by atoms with Gasteiger partial charge in [0.2, 0.25) is 0 Å². The van der Waals surface area contributed by atoms with E-state index < -0.39 is 17.2 Å². The van der Waals surface area contributed by atoms with Gasteiger partial charge in [0.15, 0.2) is 0 Å². The number of rotatable bonds is 0. The second kappa shape index (κ2) is 4.29. The highest BCUT2D eigenvalue weighted by Crippen LogP contribution is 2.39. The molecular formula is C15H21F3. The van der Waals surface area contributed by atoms with Gasteiger partial charge in [-0.25, -0.2) is 0 Å². The Morgan fingerprint density at radius 1 is 0.722 bits per heavy atom. The summed E-state index contributed by atoms with van der Waals surface area (Å²) in [5.41, 5.74) is -0.245. The first kappa shape index (κ1) is 15.1. The average molecular weight is 258 g/mol. The second-order valence-corrected chi connectivity index (χ2v) is 6.76. The second-order valence-electron chi connectivity index (χ2n) is 6.76. The van der Waals surface area contributed by atoms with E-state index in [4.69, 9.17) is 0 Å². The standard InChI is InChI=1S/C15H21F3/c1-13(2,3)10-7-8-11(14(4,5)6)12(9-10)15(16,17)18/h7-9H,1-6H3. The Morgan fingerprint density at radius 2 is 1.22 bits per heavy atom. The fourth-order valence-electron chi connectivity index (χ4n) is 1.90. The van der Waals surface area contributed by atoms with Crippen molar-refractivity contribution in [3.8, 4) is 0 Å². The lowest BCUT2D eigenvalue weighted by Gasteiger charge is -2.27. The van der Waals surface area contributed by atoms with Gasteiger partial charge in [0, 0.05) is 0 Å². The average Bonchev–Trinajstić information content (AvgIpc) is 2.12. The number of alkyl halides is 3. The van der Waals surface area contributed by atoms with Crippen molar-refractivity contribution in [2.45, 2.75) is 58.5 Å². The fraction of sp³-hybridized carbons (Fsp3) is 0.600. The quantitative estimate of drug-likeness (QED) is 0.592. The van der Waals surface area contributed by atoms with Crippen LogP contribution in [0.15, 0.2) is 18.2 Å². The van der Waals surface area contributed by atoms with Crippen LogP contribution in [0.4, 0.5) is 13.2 Å². The zero-order valence-corrected chi connectivity index (χ0v) is 11.9. The zero-order chi connectivity index (χ0) is 14.4. The Morgan fingerprint density at radius 3 is 1.56 bits per heavy atom. The van der Waals surface area contributed by atoms with E-state index in [0.29, 0.717) is 11.1 Å². The molecule has 1 aromatic carbocycles. The van der Waals surface area contributed by atoms with Gasteiger partial charge in [-0.05, 0) is 28.0 Å². The van der Waals surface area contributed by atoms with Gasteiger partial charge in [-0.2, -0.15) is 13.2 Å². The van der Waals surface area contributed by atoms with E-state index in [2.05, 4.69) is 0 Å². The Balaban J connectivity index is 3.50. The lowest BCUT2D eigenvalue weighted by atomic mass is 9.79. The van der Waals surface area contributed by atoms with Crippen molar-refractivity contribution in [1.82, 2.24) is 0 Å². The highest BCUT2D eigenvalue weighted by Gasteiger charge is 2.37. The minimum atomic E-state index is -4.30. The fourth-order valence-corrected chi connectivity index (χ4v) is 1.90. The van der Waals surface area contributed by atoms with Crippen molar-refractivity contribution in [2.75, 3.05) is 0 Å². The molecule has 0 fully saturated rings. The van der Waals surface area contributed by atoms with Gasteiger partial charge in [-0.15, -0.1) is 0 Å². The van der Waals surface area contributed by atoms with Gasteiger partial charge >= 0.3 is 6.18 Å². The Hall–Kier alpha value is -0.990. The highest BCUT2D eigenvalue weighted by atomic mass is 19.4. The Bertz CT molecular complexity index is 429. The molecule has 0 bridgehead atoms. The smallest absolute Gasteiger partial charge is 0.166 e. The van der Waals surface area contributed by atoms with Crippen LogP contribution in [0.1, 0.15) is 58.2 Å². The van der Waals surface area contributed by atoms with Crippen molar-refractivity contribution in [3.05, 3.63) is 34.9 Å². The molecule has 1 rings (SSSR count). The maximum Gasteiger partial charge on any atom is 0.416 e. The molecule has 1 aromatic rings. The van der Waals surface area contributed by atoms with Crippen molar-refractivity contribution in [1.29, 1.82) is 0 Å². The monoisotopic (exact) mass is 258 g/mol. The molecule has 0 aromatic heterocycles. The summed E-state index contributed by atoms with van der Waals surface area (Å²) in [6.45, 7) is 11.1. The summed E-state index contributed by atoms with van der Waals surface area (Å²) in [6.07, 6.45) is -4.30. The van der Waals surface area contributed by atoms with Gasteiger partial charge in [0.05, 0.1) is 5.56 Å². The van der Waals surface area contributed by atoms with Crippen LogP contribution in [0.2, 0.25) is 0 Å². The first-order chi connectivity index (χ1) is 7.83. The predicted octanol–water partition coefficient (Wildman–Crippen LogP) is 5.30. The summed E-state index contributed by atoms with van der Waals surface area (Å²) < 4.78 is 39.4. The molecule has 0 aliphatic carbocycles. The zero-order valence-electron chi connectivity index (χ0n) is 11.9. The summed E-state index contributed by atoms with van der Waals surface area (Å²) in [5, 5.41) is 0. The molecule has 0 radical (unpaired) electrons. The molecule has 0 unspecified atom stereocenters. The first-order valence-electron chi connectivity index (χ1n) is 6.05. The Labute approximate surface area is 107 Å². The van der Waals surface area contributed by atoms with E-state index in [9.17, 15) is 13.2 Å². The lowest BCUT2D eigenvalue weighted by molar-refractivity contribution is -0.138. The molecule has 0 nitrogen and oxygen atoms in total. The van der Waals surface area contributed by atoms with Gasteiger partial charge < -0.3 is 0 Å². The van der Waals surface area contributed by atoms with E-state index in [1.807, 2.05) is 20.8 Å². The van der Waals surface area contributed by atoms with Crippen LogP contribution >= 0.6 is 0 Å². The third kappa shape index (κ3) is 3.27. The molecule has 0 atom stereocenters.